The van der Waals surface area contributed by atoms with Gasteiger partial charge < -0.3 is 16.2 Å². The van der Waals surface area contributed by atoms with Gasteiger partial charge in [0.1, 0.15) is 0 Å². The fourth-order valence-electron chi connectivity index (χ4n) is 1.46. The Morgan fingerprint density at radius 2 is 2.18 bits per heavy atom. The zero-order valence-corrected chi connectivity index (χ0v) is 7.18. The molecule has 1 saturated heterocycles. The van der Waals surface area contributed by atoms with Crippen molar-refractivity contribution >= 4 is 0 Å². The Labute approximate surface area is 68.1 Å². The van der Waals surface area contributed by atoms with E-state index < -0.39 is 0 Å². The van der Waals surface area contributed by atoms with Crippen LogP contribution in [-0.4, -0.2) is 25.8 Å². The Kier molecular flexibility index (Phi) is 2.87. The standard InChI is InChI=1S/C8H18N2O/c1-2-3-7(10)8(4-9)5-11-6-8/h7H,2-6,9-10H2,1H3. The predicted molar refractivity (Wildman–Crippen MR) is 45.2 cm³/mol. The lowest BCUT2D eigenvalue weighted by atomic mass is 9.77. The summed E-state index contributed by atoms with van der Waals surface area (Å²) in [4.78, 5) is 0. The van der Waals surface area contributed by atoms with Crippen LogP contribution in [0.3, 0.4) is 0 Å². The van der Waals surface area contributed by atoms with Crippen molar-refractivity contribution in [1.29, 1.82) is 0 Å². The molecule has 1 fully saturated rings. The molecule has 1 aliphatic heterocycles. The fraction of sp³-hybridized carbons (Fsp3) is 1.00. The van der Waals surface area contributed by atoms with Crippen molar-refractivity contribution in [2.24, 2.45) is 16.9 Å². The highest BCUT2D eigenvalue weighted by molar-refractivity contribution is 4.94. The Balaban J connectivity index is 2.40. The molecule has 0 bridgehead atoms. The van der Waals surface area contributed by atoms with Crippen molar-refractivity contribution < 1.29 is 4.74 Å². The largest absolute Gasteiger partial charge is 0.380 e. The summed E-state index contributed by atoms with van der Waals surface area (Å²) in [5, 5.41) is 0. The van der Waals surface area contributed by atoms with Gasteiger partial charge in [-0.3, -0.25) is 0 Å². The topological polar surface area (TPSA) is 61.3 Å². The Morgan fingerprint density at radius 3 is 2.45 bits per heavy atom. The molecular formula is C8H18N2O. The molecule has 1 rings (SSSR count). The maximum atomic E-state index is 5.98. The number of ether oxygens (including phenoxy) is 1. The summed E-state index contributed by atoms with van der Waals surface area (Å²) >= 11 is 0. The van der Waals surface area contributed by atoms with Gasteiger partial charge in [0.15, 0.2) is 0 Å². The Hall–Kier alpha value is -0.120. The number of nitrogens with two attached hydrogens (primary N) is 2. The van der Waals surface area contributed by atoms with Gasteiger partial charge in [-0.25, -0.2) is 0 Å². The van der Waals surface area contributed by atoms with Crippen molar-refractivity contribution in [3.63, 3.8) is 0 Å². The van der Waals surface area contributed by atoms with Crippen molar-refractivity contribution in [2.45, 2.75) is 25.8 Å². The highest BCUT2D eigenvalue weighted by atomic mass is 16.5. The second kappa shape index (κ2) is 3.52. The molecule has 11 heavy (non-hydrogen) atoms. The van der Waals surface area contributed by atoms with Crippen molar-refractivity contribution in [3.05, 3.63) is 0 Å². The predicted octanol–water partition coefficient (Wildman–Crippen LogP) is 0.0891. The number of hydrogen-bond donors (Lipinski definition) is 2. The first kappa shape index (κ1) is 8.97. The molecule has 1 aliphatic rings. The summed E-state index contributed by atoms with van der Waals surface area (Å²) in [6, 6.07) is 0.228. The van der Waals surface area contributed by atoms with E-state index in [9.17, 15) is 0 Å². The lowest BCUT2D eigenvalue weighted by molar-refractivity contribution is -0.121. The van der Waals surface area contributed by atoms with Crippen LogP contribution in [0.2, 0.25) is 0 Å². The van der Waals surface area contributed by atoms with Gasteiger partial charge in [-0.2, -0.15) is 0 Å². The molecule has 4 N–H and O–H groups in total. The van der Waals surface area contributed by atoms with E-state index in [0.717, 1.165) is 26.1 Å². The second-order valence-corrected chi connectivity index (χ2v) is 3.45. The number of hydrogen-bond acceptors (Lipinski definition) is 3. The van der Waals surface area contributed by atoms with Gasteiger partial charge >= 0.3 is 0 Å². The van der Waals surface area contributed by atoms with Crippen LogP contribution in [0.5, 0.6) is 0 Å². The molecule has 3 nitrogen and oxygen atoms in total. The van der Waals surface area contributed by atoms with Crippen LogP contribution in [-0.2, 0) is 4.74 Å². The summed E-state index contributed by atoms with van der Waals surface area (Å²) in [5.41, 5.74) is 11.7. The summed E-state index contributed by atoms with van der Waals surface area (Å²) in [6.07, 6.45) is 2.18. The van der Waals surface area contributed by atoms with E-state index in [4.69, 9.17) is 16.2 Å². The molecule has 1 heterocycles. The summed E-state index contributed by atoms with van der Waals surface area (Å²) in [6.45, 7) is 4.31. The molecular weight excluding hydrogens is 140 g/mol. The highest BCUT2D eigenvalue weighted by Gasteiger charge is 2.42. The quantitative estimate of drug-likeness (QED) is 0.609. The fourth-order valence-corrected chi connectivity index (χ4v) is 1.46. The van der Waals surface area contributed by atoms with Crippen molar-refractivity contribution in [2.75, 3.05) is 19.8 Å². The molecule has 66 valence electrons. The van der Waals surface area contributed by atoms with Gasteiger partial charge in [0, 0.05) is 18.0 Å². The first-order chi connectivity index (χ1) is 5.25. The van der Waals surface area contributed by atoms with Gasteiger partial charge in [-0.1, -0.05) is 13.3 Å². The van der Waals surface area contributed by atoms with E-state index in [1.807, 2.05) is 0 Å². The summed E-state index contributed by atoms with van der Waals surface area (Å²) < 4.78 is 5.14. The highest BCUT2D eigenvalue weighted by Crippen LogP contribution is 2.30. The molecule has 1 atom stereocenters. The maximum absolute atomic E-state index is 5.98. The van der Waals surface area contributed by atoms with E-state index in [1.165, 1.54) is 0 Å². The van der Waals surface area contributed by atoms with E-state index in [0.29, 0.717) is 6.54 Å². The van der Waals surface area contributed by atoms with Crippen molar-refractivity contribution in [1.82, 2.24) is 0 Å². The molecule has 0 radical (unpaired) electrons. The average Bonchev–Trinajstić information content (AvgIpc) is 1.87. The van der Waals surface area contributed by atoms with Crippen LogP contribution < -0.4 is 11.5 Å². The van der Waals surface area contributed by atoms with Crippen LogP contribution in [0.15, 0.2) is 0 Å². The summed E-state index contributed by atoms with van der Waals surface area (Å²) in [7, 11) is 0. The molecule has 0 saturated carbocycles. The zero-order valence-electron chi connectivity index (χ0n) is 7.18. The molecule has 0 aromatic carbocycles. The Morgan fingerprint density at radius 1 is 1.55 bits per heavy atom. The Bertz CT molecular complexity index is 118. The van der Waals surface area contributed by atoms with E-state index >= 15 is 0 Å². The van der Waals surface area contributed by atoms with E-state index in [1.54, 1.807) is 0 Å². The minimum absolute atomic E-state index is 0.107. The zero-order chi connectivity index (χ0) is 8.32. The lowest BCUT2D eigenvalue weighted by Crippen LogP contribution is -2.59. The molecule has 0 amide bonds. The third kappa shape index (κ3) is 1.55. The lowest BCUT2D eigenvalue weighted by Gasteiger charge is -2.45. The number of rotatable bonds is 4. The SMILES string of the molecule is CCCC(N)C1(CN)COC1. The molecule has 0 aromatic rings. The first-order valence-corrected chi connectivity index (χ1v) is 4.28. The molecule has 3 heteroatoms. The monoisotopic (exact) mass is 158 g/mol. The average molecular weight is 158 g/mol. The molecule has 1 unspecified atom stereocenters. The van der Waals surface area contributed by atoms with E-state index in [-0.39, 0.29) is 11.5 Å². The van der Waals surface area contributed by atoms with Gasteiger partial charge in [0.2, 0.25) is 0 Å². The third-order valence-electron chi connectivity index (χ3n) is 2.57. The van der Waals surface area contributed by atoms with Gasteiger partial charge in [0.25, 0.3) is 0 Å². The minimum Gasteiger partial charge on any atom is -0.380 e. The minimum atomic E-state index is 0.107. The van der Waals surface area contributed by atoms with Crippen LogP contribution >= 0.6 is 0 Å². The van der Waals surface area contributed by atoms with Gasteiger partial charge in [0.05, 0.1) is 13.2 Å². The molecule has 0 aromatic heterocycles. The maximum Gasteiger partial charge on any atom is 0.0572 e. The molecule has 0 aliphatic carbocycles. The normalized spacial score (nSPS) is 24.3. The van der Waals surface area contributed by atoms with Crippen LogP contribution in [0.1, 0.15) is 19.8 Å². The van der Waals surface area contributed by atoms with Crippen molar-refractivity contribution in [3.8, 4) is 0 Å². The first-order valence-electron chi connectivity index (χ1n) is 4.28. The smallest absolute Gasteiger partial charge is 0.0572 e. The van der Waals surface area contributed by atoms with Gasteiger partial charge in [-0.15, -0.1) is 0 Å². The second-order valence-electron chi connectivity index (χ2n) is 3.45. The summed E-state index contributed by atoms with van der Waals surface area (Å²) in [5.74, 6) is 0. The van der Waals surface area contributed by atoms with Gasteiger partial charge in [-0.05, 0) is 6.42 Å². The third-order valence-corrected chi connectivity index (χ3v) is 2.57. The molecule has 0 spiro atoms. The van der Waals surface area contributed by atoms with Crippen LogP contribution in [0.4, 0.5) is 0 Å². The van der Waals surface area contributed by atoms with Crippen LogP contribution in [0.25, 0.3) is 0 Å². The van der Waals surface area contributed by atoms with Crippen LogP contribution in [0, 0.1) is 5.41 Å². The van der Waals surface area contributed by atoms with E-state index in [2.05, 4.69) is 6.92 Å².